The average Bonchev–Trinajstić information content (AvgIpc) is 2.77. The van der Waals surface area contributed by atoms with E-state index in [4.69, 9.17) is 11.6 Å². The number of nitrogens with one attached hydrogen (secondary N) is 1. The predicted molar refractivity (Wildman–Crippen MR) is 67.1 cm³/mol. The van der Waals surface area contributed by atoms with Crippen LogP contribution in [0.4, 0.5) is 13.9 Å². The molecule has 6 heteroatoms. The monoisotopic (exact) mass is 274 g/mol. The van der Waals surface area contributed by atoms with E-state index in [9.17, 15) is 8.78 Å². The highest BCUT2D eigenvalue weighted by atomic mass is 35.5. The average molecular weight is 275 g/mol. The number of rotatable bonds is 3. The molecule has 0 aliphatic heterocycles. The third-order valence-electron chi connectivity index (χ3n) is 2.24. The Labute approximate surface area is 106 Å². The summed E-state index contributed by atoms with van der Waals surface area (Å²) in [5.74, 6) is 0. The van der Waals surface area contributed by atoms with Gasteiger partial charge in [0.25, 0.3) is 6.43 Å². The van der Waals surface area contributed by atoms with Crippen molar-refractivity contribution >= 4 is 28.1 Å². The van der Waals surface area contributed by atoms with Gasteiger partial charge in [0.15, 0.2) is 5.13 Å². The first kappa shape index (κ1) is 12.3. The van der Waals surface area contributed by atoms with Crippen molar-refractivity contribution in [1.29, 1.82) is 0 Å². The van der Waals surface area contributed by atoms with Crippen molar-refractivity contribution in [1.82, 2.24) is 4.98 Å². The molecule has 1 aromatic heterocycles. The van der Waals surface area contributed by atoms with Gasteiger partial charge in [0.2, 0.25) is 0 Å². The Morgan fingerprint density at radius 2 is 2.18 bits per heavy atom. The van der Waals surface area contributed by atoms with Crippen LogP contribution in [0.3, 0.4) is 0 Å². The van der Waals surface area contributed by atoms with Crippen LogP contribution >= 0.6 is 22.9 Å². The zero-order valence-electron chi connectivity index (χ0n) is 8.88. The molecular formula is C11H9ClF2N2S. The van der Waals surface area contributed by atoms with E-state index < -0.39 is 6.43 Å². The van der Waals surface area contributed by atoms with E-state index in [0.717, 1.165) is 5.13 Å². The summed E-state index contributed by atoms with van der Waals surface area (Å²) < 4.78 is 25.2. The minimum absolute atomic E-state index is 0.0524. The second-order valence-corrected chi connectivity index (χ2v) is 4.59. The Balaban J connectivity index is 2.46. The van der Waals surface area contributed by atoms with Crippen molar-refractivity contribution in [3.8, 4) is 11.3 Å². The first-order chi connectivity index (χ1) is 8.11. The molecule has 0 saturated carbocycles. The number of benzene rings is 1. The molecule has 1 N–H and O–H groups in total. The van der Waals surface area contributed by atoms with E-state index in [1.807, 2.05) is 0 Å². The van der Waals surface area contributed by atoms with E-state index in [1.165, 1.54) is 29.5 Å². The summed E-state index contributed by atoms with van der Waals surface area (Å²) in [5, 5.41) is 5.81. The smallest absolute Gasteiger partial charge is 0.263 e. The molecule has 2 nitrogen and oxygen atoms in total. The second kappa shape index (κ2) is 4.98. The second-order valence-electron chi connectivity index (χ2n) is 3.33. The highest BCUT2D eigenvalue weighted by Gasteiger charge is 2.13. The van der Waals surface area contributed by atoms with Gasteiger partial charge in [-0.1, -0.05) is 17.7 Å². The van der Waals surface area contributed by atoms with Crippen LogP contribution in [0.2, 0.25) is 5.02 Å². The first-order valence-corrected chi connectivity index (χ1v) is 6.09. The zero-order valence-corrected chi connectivity index (χ0v) is 10.4. The van der Waals surface area contributed by atoms with E-state index in [2.05, 4.69) is 10.3 Å². The summed E-state index contributed by atoms with van der Waals surface area (Å²) in [6.45, 7) is 0. The molecule has 0 amide bonds. The summed E-state index contributed by atoms with van der Waals surface area (Å²) in [5.41, 5.74) is 1.08. The molecular weight excluding hydrogens is 266 g/mol. The molecule has 0 unspecified atom stereocenters. The van der Waals surface area contributed by atoms with Gasteiger partial charge in [-0.05, 0) is 12.1 Å². The number of halogens is 3. The van der Waals surface area contributed by atoms with Crippen LogP contribution in [0.1, 0.15) is 12.0 Å². The standard InChI is InChI=1S/C11H9ClF2N2S/c1-15-11-16-9(5-17-11)7-4-6(10(13)14)2-3-8(7)12/h2-5,10H,1H3,(H,15,16). The van der Waals surface area contributed by atoms with Gasteiger partial charge in [-0.3, -0.25) is 0 Å². The van der Waals surface area contributed by atoms with Gasteiger partial charge in [0.1, 0.15) is 0 Å². The molecule has 0 fully saturated rings. The molecule has 0 aliphatic carbocycles. The molecule has 17 heavy (non-hydrogen) atoms. The number of aromatic nitrogens is 1. The van der Waals surface area contributed by atoms with E-state index in [0.29, 0.717) is 16.3 Å². The van der Waals surface area contributed by atoms with Crippen molar-refractivity contribution in [3.63, 3.8) is 0 Å². The third-order valence-corrected chi connectivity index (χ3v) is 3.43. The molecule has 0 spiro atoms. The Kier molecular flexibility index (Phi) is 3.59. The molecule has 0 atom stereocenters. The van der Waals surface area contributed by atoms with Gasteiger partial charge in [-0.25, -0.2) is 13.8 Å². The number of thiazole rings is 1. The largest absolute Gasteiger partial charge is 0.365 e. The lowest BCUT2D eigenvalue weighted by Crippen LogP contribution is -1.89. The molecule has 1 heterocycles. The van der Waals surface area contributed by atoms with Crippen molar-refractivity contribution in [2.45, 2.75) is 6.43 Å². The summed E-state index contributed by atoms with van der Waals surface area (Å²) in [4.78, 5) is 4.24. The van der Waals surface area contributed by atoms with Crippen LogP contribution in [0.5, 0.6) is 0 Å². The SMILES string of the molecule is CNc1nc(-c2cc(C(F)F)ccc2Cl)cs1. The van der Waals surface area contributed by atoms with Crippen molar-refractivity contribution in [2.75, 3.05) is 12.4 Å². The van der Waals surface area contributed by atoms with Gasteiger partial charge in [0.05, 0.1) is 10.7 Å². The maximum Gasteiger partial charge on any atom is 0.263 e. The lowest BCUT2D eigenvalue weighted by Gasteiger charge is -2.04. The zero-order chi connectivity index (χ0) is 12.4. The van der Waals surface area contributed by atoms with Gasteiger partial charge in [0, 0.05) is 23.6 Å². The summed E-state index contributed by atoms with van der Waals surface area (Å²) in [6.07, 6.45) is -2.51. The van der Waals surface area contributed by atoms with Gasteiger partial charge in [-0.2, -0.15) is 0 Å². The minimum atomic E-state index is -2.51. The third kappa shape index (κ3) is 2.56. The van der Waals surface area contributed by atoms with Gasteiger partial charge >= 0.3 is 0 Å². The minimum Gasteiger partial charge on any atom is -0.365 e. The van der Waals surface area contributed by atoms with Crippen LogP contribution < -0.4 is 5.32 Å². The first-order valence-electron chi connectivity index (χ1n) is 4.83. The predicted octanol–water partition coefficient (Wildman–Crippen LogP) is 4.44. The quantitative estimate of drug-likeness (QED) is 0.895. The fourth-order valence-corrected chi connectivity index (χ4v) is 2.27. The number of alkyl halides is 2. The van der Waals surface area contributed by atoms with Crippen LogP contribution in [0, 0.1) is 0 Å². The molecule has 0 aliphatic rings. The Morgan fingerprint density at radius 1 is 1.41 bits per heavy atom. The van der Waals surface area contributed by atoms with Crippen molar-refractivity contribution < 1.29 is 8.78 Å². The van der Waals surface area contributed by atoms with Crippen LogP contribution in [0.15, 0.2) is 23.6 Å². The van der Waals surface area contributed by atoms with Crippen molar-refractivity contribution in [2.24, 2.45) is 0 Å². The Bertz CT molecular complexity index is 528. The van der Waals surface area contributed by atoms with E-state index in [-0.39, 0.29) is 5.56 Å². The lowest BCUT2D eigenvalue weighted by molar-refractivity contribution is 0.151. The van der Waals surface area contributed by atoms with E-state index in [1.54, 1.807) is 12.4 Å². The number of nitrogens with zero attached hydrogens (tertiary/aromatic N) is 1. The molecule has 0 radical (unpaired) electrons. The van der Waals surface area contributed by atoms with Gasteiger partial charge in [-0.15, -0.1) is 11.3 Å². The molecule has 0 saturated heterocycles. The lowest BCUT2D eigenvalue weighted by atomic mass is 10.1. The molecule has 0 bridgehead atoms. The Morgan fingerprint density at radius 3 is 2.76 bits per heavy atom. The highest BCUT2D eigenvalue weighted by molar-refractivity contribution is 7.14. The summed E-state index contributed by atoms with van der Waals surface area (Å²) in [6, 6.07) is 4.17. The topological polar surface area (TPSA) is 24.9 Å². The fourth-order valence-electron chi connectivity index (χ4n) is 1.39. The normalized spacial score (nSPS) is 10.9. The molecule has 2 aromatic rings. The summed E-state index contributed by atoms with van der Waals surface area (Å²) in [7, 11) is 1.75. The van der Waals surface area contributed by atoms with Crippen LogP contribution in [0.25, 0.3) is 11.3 Å². The molecule has 90 valence electrons. The summed E-state index contributed by atoms with van der Waals surface area (Å²) >= 11 is 7.39. The van der Waals surface area contributed by atoms with Gasteiger partial charge < -0.3 is 5.32 Å². The molecule has 1 aromatic carbocycles. The number of hydrogen-bond donors (Lipinski definition) is 1. The maximum absolute atomic E-state index is 12.6. The van der Waals surface area contributed by atoms with E-state index >= 15 is 0 Å². The Hall–Kier alpha value is -1.20. The van der Waals surface area contributed by atoms with Crippen LogP contribution in [-0.4, -0.2) is 12.0 Å². The molecule has 2 rings (SSSR count). The fraction of sp³-hybridized carbons (Fsp3) is 0.182. The highest BCUT2D eigenvalue weighted by Crippen LogP contribution is 2.33. The maximum atomic E-state index is 12.6. The number of hydrogen-bond acceptors (Lipinski definition) is 3. The van der Waals surface area contributed by atoms with Crippen LogP contribution in [-0.2, 0) is 0 Å². The number of anilines is 1. The van der Waals surface area contributed by atoms with Crippen molar-refractivity contribution in [3.05, 3.63) is 34.2 Å².